The van der Waals surface area contributed by atoms with Crippen molar-refractivity contribution in [2.24, 2.45) is 11.3 Å². The van der Waals surface area contributed by atoms with Gasteiger partial charge in [-0.1, -0.05) is 20.8 Å². The van der Waals surface area contributed by atoms with E-state index in [2.05, 4.69) is 25.5 Å². The summed E-state index contributed by atoms with van der Waals surface area (Å²) in [7, 11) is 1.41. The van der Waals surface area contributed by atoms with E-state index in [0.717, 1.165) is 19.3 Å². The molecule has 0 aromatic rings. The van der Waals surface area contributed by atoms with Gasteiger partial charge in [0.1, 0.15) is 0 Å². The molecule has 0 rings (SSSR count). The molecular weight excluding hydrogens is 192 g/mol. The zero-order chi connectivity index (χ0) is 11.9. The van der Waals surface area contributed by atoms with Gasteiger partial charge in [0.2, 0.25) is 0 Å². The Morgan fingerprint density at radius 2 is 1.93 bits per heavy atom. The highest BCUT2D eigenvalue weighted by Gasteiger charge is 2.19. The quantitative estimate of drug-likeness (QED) is 0.693. The lowest BCUT2D eigenvalue weighted by molar-refractivity contribution is -0.141. The zero-order valence-electron chi connectivity index (χ0n) is 10.4. The largest absolute Gasteiger partial charge is 0.469 e. The number of carbonyl (C=O) groups is 1. The fourth-order valence-corrected chi connectivity index (χ4v) is 1.82. The SMILES string of the molecule is COC(=O)CC[C@@H](CCO)CC(C)(C)C. The minimum atomic E-state index is -0.160. The standard InChI is InChI=1S/C12H24O3/c1-12(2,3)9-10(7-8-13)5-6-11(14)15-4/h10,13H,5-9H2,1-4H3/t10-/m0/s1. The smallest absolute Gasteiger partial charge is 0.305 e. The third kappa shape index (κ3) is 8.43. The summed E-state index contributed by atoms with van der Waals surface area (Å²) in [6.45, 7) is 6.72. The lowest BCUT2D eigenvalue weighted by Crippen LogP contribution is -2.16. The summed E-state index contributed by atoms with van der Waals surface area (Å²) in [5.41, 5.74) is 0.246. The number of aliphatic hydroxyl groups is 1. The Kier molecular flexibility index (Phi) is 6.57. The number of aliphatic hydroxyl groups excluding tert-OH is 1. The summed E-state index contributed by atoms with van der Waals surface area (Å²) in [6, 6.07) is 0. The number of hydrogen-bond donors (Lipinski definition) is 1. The number of esters is 1. The third-order valence-electron chi connectivity index (χ3n) is 2.42. The summed E-state index contributed by atoms with van der Waals surface area (Å²) < 4.78 is 4.61. The van der Waals surface area contributed by atoms with Crippen LogP contribution in [0.3, 0.4) is 0 Å². The van der Waals surface area contributed by atoms with Crippen LogP contribution < -0.4 is 0 Å². The molecule has 3 heteroatoms. The van der Waals surface area contributed by atoms with Crippen LogP contribution in [0.4, 0.5) is 0 Å². The van der Waals surface area contributed by atoms with E-state index in [-0.39, 0.29) is 18.0 Å². The number of hydrogen-bond acceptors (Lipinski definition) is 3. The Morgan fingerprint density at radius 1 is 1.33 bits per heavy atom. The summed E-state index contributed by atoms with van der Waals surface area (Å²) in [4.78, 5) is 11.0. The fourth-order valence-electron chi connectivity index (χ4n) is 1.82. The Balaban J connectivity index is 3.99. The molecule has 0 radical (unpaired) electrons. The van der Waals surface area contributed by atoms with E-state index in [1.165, 1.54) is 7.11 Å². The Morgan fingerprint density at radius 3 is 2.33 bits per heavy atom. The maximum absolute atomic E-state index is 11.0. The second-order valence-corrected chi connectivity index (χ2v) is 5.26. The third-order valence-corrected chi connectivity index (χ3v) is 2.42. The van der Waals surface area contributed by atoms with E-state index < -0.39 is 0 Å². The van der Waals surface area contributed by atoms with Gasteiger partial charge in [-0.3, -0.25) is 4.79 Å². The van der Waals surface area contributed by atoms with Crippen molar-refractivity contribution >= 4 is 5.97 Å². The Bertz CT molecular complexity index is 182. The van der Waals surface area contributed by atoms with Gasteiger partial charge in [-0.05, 0) is 30.6 Å². The molecule has 15 heavy (non-hydrogen) atoms. The molecule has 0 saturated heterocycles. The van der Waals surface area contributed by atoms with Crippen LogP contribution in [0.25, 0.3) is 0 Å². The van der Waals surface area contributed by atoms with Crippen LogP contribution in [-0.4, -0.2) is 24.8 Å². The van der Waals surface area contributed by atoms with Gasteiger partial charge >= 0.3 is 5.97 Å². The van der Waals surface area contributed by atoms with Crippen LogP contribution in [0.15, 0.2) is 0 Å². The molecule has 0 unspecified atom stereocenters. The van der Waals surface area contributed by atoms with Crippen molar-refractivity contribution in [2.75, 3.05) is 13.7 Å². The van der Waals surface area contributed by atoms with Crippen LogP contribution in [-0.2, 0) is 9.53 Å². The van der Waals surface area contributed by atoms with Crippen LogP contribution in [0.2, 0.25) is 0 Å². The van der Waals surface area contributed by atoms with Gasteiger partial charge in [0, 0.05) is 13.0 Å². The molecule has 0 amide bonds. The molecule has 0 aromatic carbocycles. The molecule has 0 aliphatic heterocycles. The molecule has 0 aliphatic carbocycles. The van der Waals surface area contributed by atoms with Crippen molar-refractivity contribution in [2.45, 2.75) is 46.5 Å². The molecule has 0 heterocycles. The van der Waals surface area contributed by atoms with E-state index in [9.17, 15) is 4.79 Å². The first-order valence-electron chi connectivity index (χ1n) is 5.56. The van der Waals surface area contributed by atoms with E-state index >= 15 is 0 Å². The predicted octanol–water partition coefficient (Wildman–Crippen LogP) is 2.37. The molecule has 0 saturated carbocycles. The van der Waals surface area contributed by atoms with Crippen LogP contribution >= 0.6 is 0 Å². The van der Waals surface area contributed by atoms with Crippen LogP contribution in [0, 0.1) is 11.3 Å². The van der Waals surface area contributed by atoms with E-state index in [4.69, 9.17) is 5.11 Å². The molecule has 0 bridgehead atoms. The minimum absolute atomic E-state index is 0.160. The number of carbonyl (C=O) groups excluding carboxylic acids is 1. The van der Waals surface area contributed by atoms with Crippen molar-refractivity contribution in [3.63, 3.8) is 0 Å². The second kappa shape index (κ2) is 6.83. The predicted molar refractivity (Wildman–Crippen MR) is 60.5 cm³/mol. The van der Waals surface area contributed by atoms with Gasteiger partial charge in [0.05, 0.1) is 7.11 Å². The van der Waals surface area contributed by atoms with Gasteiger partial charge in [0.25, 0.3) is 0 Å². The highest BCUT2D eigenvalue weighted by molar-refractivity contribution is 5.69. The molecule has 0 spiro atoms. The minimum Gasteiger partial charge on any atom is -0.469 e. The Labute approximate surface area is 92.8 Å². The number of rotatable bonds is 6. The first kappa shape index (κ1) is 14.4. The van der Waals surface area contributed by atoms with Crippen LogP contribution in [0.5, 0.6) is 0 Å². The first-order chi connectivity index (χ1) is 6.89. The van der Waals surface area contributed by atoms with Gasteiger partial charge in [0.15, 0.2) is 0 Å². The monoisotopic (exact) mass is 216 g/mol. The van der Waals surface area contributed by atoms with Gasteiger partial charge in [-0.15, -0.1) is 0 Å². The molecule has 0 aliphatic rings. The number of ether oxygens (including phenoxy) is 1. The summed E-state index contributed by atoms with van der Waals surface area (Å²) >= 11 is 0. The first-order valence-corrected chi connectivity index (χ1v) is 5.56. The van der Waals surface area contributed by atoms with E-state index in [1.54, 1.807) is 0 Å². The molecule has 1 atom stereocenters. The fraction of sp³-hybridized carbons (Fsp3) is 0.917. The average molecular weight is 216 g/mol. The maximum Gasteiger partial charge on any atom is 0.305 e. The molecule has 3 nitrogen and oxygen atoms in total. The molecule has 0 aromatic heterocycles. The lowest BCUT2D eigenvalue weighted by atomic mass is 9.81. The van der Waals surface area contributed by atoms with Gasteiger partial charge in [-0.25, -0.2) is 0 Å². The lowest BCUT2D eigenvalue weighted by Gasteiger charge is -2.25. The van der Waals surface area contributed by atoms with E-state index in [1.807, 2.05) is 0 Å². The molecule has 0 fully saturated rings. The molecular formula is C12H24O3. The average Bonchev–Trinajstić information content (AvgIpc) is 2.11. The highest BCUT2D eigenvalue weighted by Crippen LogP contribution is 2.29. The van der Waals surface area contributed by atoms with Crippen molar-refractivity contribution in [1.82, 2.24) is 0 Å². The zero-order valence-corrected chi connectivity index (χ0v) is 10.4. The summed E-state index contributed by atoms with van der Waals surface area (Å²) in [5.74, 6) is 0.251. The van der Waals surface area contributed by atoms with Crippen molar-refractivity contribution < 1.29 is 14.6 Å². The Hall–Kier alpha value is -0.570. The van der Waals surface area contributed by atoms with Gasteiger partial charge < -0.3 is 9.84 Å². The van der Waals surface area contributed by atoms with E-state index in [0.29, 0.717) is 12.3 Å². The second-order valence-electron chi connectivity index (χ2n) is 5.26. The van der Waals surface area contributed by atoms with Crippen LogP contribution in [0.1, 0.15) is 46.5 Å². The number of methoxy groups -OCH3 is 1. The normalized spacial score (nSPS) is 13.7. The molecule has 1 N–H and O–H groups in total. The van der Waals surface area contributed by atoms with Crippen molar-refractivity contribution in [3.8, 4) is 0 Å². The van der Waals surface area contributed by atoms with Crippen molar-refractivity contribution in [3.05, 3.63) is 0 Å². The topological polar surface area (TPSA) is 46.5 Å². The summed E-state index contributed by atoms with van der Waals surface area (Å²) in [5, 5.41) is 8.94. The highest BCUT2D eigenvalue weighted by atomic mass is 16.5. The van der Waals surface area contributed by atoms with Gasteiger partial charge in [-0.2, -0.15) is 0 Å². The summed E-state index contributed by atoms with van der Waals surface area (Å²) in [6.07, 6.45) is 3.07. The maximum atomic E-state index is 11.0. The molecule has 90 valence electrons. The van der Waals surface area contributed by atoms with Crippen molar-refractivity contribution in [1.29, 1.82) is 0 Å².